The predicted molar refractivity (Wildman–Crippen MR) is 76.5 cm³/mol. The zero-order valence-electron chi connectivity index (χ0n) is 9.48. The monoisotopic (exact) mass is 399 g/mol. The van der Waals surface area contributed by atoms with Crippen molar-refractivity contribution >= 4 is 47.3 Å². The Morgan fingerprint density at radius 1 is 1.30 bits per heavy atom. The molecule has 2 aromatic rings. The van der Waals surface area contributed by atoms with Crippen LogP contribution in [0.3, 0.4) is 0 Å². The summed E-state index contributed by atoms with van der Waals surface area (Å²) in [6.07, 6.45) is 1.04. The molecular weight excluding hydrogens is 396 g/mol. The van der Waals surface area contributed by atoms with Crippen LogP contribution < -0.4 is 4.74 Å². The molecule has 2 rings (SSSR count). The van der Waals surface area contributed by atoms with Crippen LogP contribution in [0.1, 0.15) is 0 Å². The Morgan fingerprint density at radius 2 is 2.00 bits per heavy atom. The highest BCUT2D eigenvalue weighted by molar-refractivity contribution is 9.10. The summed E-state index contributed by atoms with van der Waals surface area (Å²) >= 11 is 8.77. The number of ether oxygens (including phenoxy) is 1. The standard InChI is InChI=1S/C11H5BrCl2FNO3S/c12-7-3-8(13)9(15)4-10(7)19-11-2-1-6(5-16-11)20(14,17)18/h1-5H. The minimum absolute atomic E-state index is 0.0548. The molecule has 0 spiro atoms. The number of benzene rings is 1. The molecule has 1 aromatic carbocycles. The zero-order valence-corrected chi connectivity index (χ0v) is 13.4. The Kier molecular flexibility index (Phi) is 4.53. The average Bonchev–Trinajstić information content (AvgIpc) is 2.35. The largest absolute Gasteiger partial charge is 0.438 e. The van der Waals surface area contributed by atoms with Crippen molar-refractivity contribution in [2.24, 2.45) is 0 Å². The lowest BCUT2D eigenvalue weighted by Gasteiger charge is -2.08. The Labute approximate surface area is 132 Å². The van der Waals surface area contributed by atoms with Crippen LogP contribution in [0.25, 0.3) is 0 Å². The number of halogens is 4. The van der Waals surface area contributed by atoms with E-state index in [2.05, 4.69) is 20.9 Å². The second-order valence-corrected chi connectivity index (χ2v) is 7.40. The van der Waals surface area contributed by atoms with Gasteiger partial charge in [-0.2, -0.15) is 0 Å². The van der Waals surface area contributed by atoms with Crippen molar-refractivity contribution in [3.63, 3.8) is 0 Å². The summed E-state index contributed by atoms with van der Waals surface area (Å²) in [5.41, 5.74) is 0. The number of nitrogens with zero attached hydrogens (tertiary/aromatic N) is 1. The quantitative estimate of drug-likeness (QED) is 0.567. The highest BCUT2D eigenvalue weighted by Gasteiger charge is 2.12. The molecule has 0 saturated carbocycles. The molecule has 0 amide bonds. The van der Waals surface area contributed by atoms with Crippen molar-refractivity contribution in [1.82, 2.24) is 4.98 Å². The van der Waals surface area contributed by atoms with Gasteiger partial charge in [0.15, 0.2) is 0 Å². The van der Waals surface area contributed by atoms with Gasteiger partial charge in [0.1, 0.15) is 16.5 Å². The van der Waals surface area contributed by atoms with Crippen LogP contribution in [-0.2, 0) is 9.05 Å². The molecule has 20 heavy (non-hydrogen) atoms. The molecule has 0 bridgehead atoms. The topological polar surface area (TPSA) is 56.3 Å². The van der Waals surface area contributed by atoms with Crippen molar-refractivity contribution in [2.45, 2.75) is 4.90 Å². The molecular formula is C11H5BrCl2FNO3S. The van der Waals surface area contributed by atoms with E-state index in [1.807, 2.05) is 0 Å². The Balaban J connectivity index is 2.29. The van der Waals surface area contributed by atoms with Gasteiger partial charge in [0, 0.05) is 22.8 Å². The first-order valence-electron chi connectivity index (χ1n) is 5.00. The van der Waals surface area contributed by atoms with E-state index in [0.717, 1.165) is 12.3 Å². The van der Waals surface area contributed by atoms with Crippen LogP contribution in [0.15, 0.2) is 39.8 Å². The summed E-state index contributed by atoms with van der Waals surface area (Å²) in [4.78, 5) is 3.61. The van der Waals surface area contributed by atoms with Gasteiger partial charge in [-0.1, -0.05) is 11.6 Å². The van der Waals surface area contributed by atoms with Crippen LogP contribution >= 0.6 is 38.2 Å². The minimum atomic E-state index is -3.85. The van der Waals surface area contributed by atoms with E-state index in [4.69, 9.17) is 27.0 Å². The first-order chi connectivity index (χ1) is 9.27. The van der Waals surface area contributed by atoms with E-state index in [9.17, 15) is 12.8 Å². The summed E-state index contributed by atoms with van der Waals surface area (Å²) in [6, 6.07) is 4.95. The van der Waals surface area contributed by atoms with Gasteiger partial charge in [0.25, 0.3) is 9.05 Å². The molecule has 0 radical (unpaired) electrons. The van der Waals surface area contributed by atoms with Gasteiger partial charge in [-0.05, 0) is 28.1 Å². The molecule has 0 unspecified atom stereocenters. The maximum absolute atomic E-state index is 13.3. The molecule has 1 aromatic heterocycles. The number of hydrogen-bond donors (Lipinski definition) is 0. The third-order valence-electron chi connectivity index (χ3n) is 2.18. The van der Waals surface area contributed by atoms with Crippen molar-refractivity contribution in [2.75, 3.05) is 0 Å². The van der Waals surface area contributed by atoms with Gasteiger partial charge < -0.3 is 4.74 Å². The summed E-state index contributed by atoms with van der Waals surface area (Å²) in [5.74, 6) is -0.415. The lowest BCUT2D eigenvalue weighted by Crippen LogP contribution is -1.94. The van der Waals surface area contributed by atoms with Gasteiger partial charge in [0.05, 0.1) is 15.7 Å². The Bertz CT molecular complexity index is 753. The van der Waals surface area contributed by atoms with E-state index in [0.29, 0.717) is 4.47 Å². The number of rotatable bonds is 3. The Hall–Kier alpha value is -0.890. The molecule has 0 saturated heterocycles. The normalized spacial score (nSPS) is 11.4. The van der Waals surface area contributed by atoms with Crippen LogP contribution in [0.2, 0.25) is 5.02 Å². The number of pyridine rings is 1. The van der Waals surface area contributed by atoms with E-state index in [1.165, 1.54) is 18.2 Å². The van der Waals surface area contributed by atoms with Crippen molar-refractivity contribution in [3.8, 4) is 11.6 Å². The molecule has 0 aliphatic carbocycles. The van der Waals surface area contributed by atoms with Gasteiger partial charge in [-0.3, -0.25) is 0 Å². The molecule has 0 fully saturated rings. The fourth-order valence-corrected chi connectivity index (χ4v) is 2.67. The lowest BCUT2D eigenvalue weighted by atomic mass is 10.3. The van der Waals surface area contributed by atoms with Crippen molar-refractivity contribution in [1.29, 1.82) is 0 Å². The van der Waals surface area contributed by atoms with Crippen LogP contribution in [0, 0.1) is 5.82 Å². The first-order valence-corrected chi connectivity index (χ1v) is 8.48. The van der Waals surface area contributed by atoms with E-state index >= 15 is 0 Å². The molecule has 106 valence electrons. The Morgan fingerprint density at radius 3 is 2.55 bits per heavy atom. The maximum Gasteiger partial charge on any atom is 0.262 e. The van der Waals surface area contributed by atoms with E-state index in [-0.39, 0.29) is 21.5 Å². The number of hydrogen-bond acceptors (Lipinski definition) is 4. The molecule has 4 nitrogen and oxygen atoms in total. The summed E-state index contributed by atoms with van der Waals surface area (Å²) in [6.45, 7) is 0. The molecule has 1 heterocycles. The van der Waals surface area contributed by atoms with Crippen LogP contribution in [0.4, 0.5) is 4.39 Å². The third-order valence-corrected chi connectivity index (χ3v) is 4.43. The van der Waals surface area contributed by atoms with Crippen molar-refractivity contribution < 1.29 is 17.5 Å². The van der Waals surface area contributed by atoms with Crippen molar-refractivity contribution in [3.05, 3.63) is 45.8 Å². The maximum atomic E-state index is 13.3. The van der Waals surface area contributed by atoms with Crippen LogP contribution in [0.5, 0.6) is 11.6 Å². The predicted octanol–water partition coefficient (Wildman–Crippen LogP) is 4.36. The first kappa shape index (κ1) is 15.5. The smallest absolute Gasteiger partial charge is 0.262 e. The molecule has 0 aliphatic heterocycles. The van der Waals surface area contributed by atoms with Gasteiger partial charge in [-0.15, -0.1) is 0 Å². The highest BCUT2D eigenvalue weighted by atomic mass is 79.9. The molecule has 0 atom stereocenters. The van der Waals surface area contributed by atoms with Gasteiger partial charge in [-0.25, -0.2) is 17.8 Å². The molecule has 0 N–H and O–H groups in total. The third kappa shape index (κ3) is 3.60. The van der Waals surface area contributed by atoms with E-state index < -0.39 is 14.9 Å². The summed E-state index contributed by atoms with van der Waals surface area (Å²) in [7, 11) is 1.31. The second kappa shape index (κ2) is 5.85. The SMILES string of the molecule is O=S(=O)(Cl)c1ccc(Oc2cc(F)c(Cl)cc2Br)nc1. The van der Waals surface area contributed by atoms with Gasteiger partial charge in [0.2, 0.25) is 5.88 Å². The highest BCUT2D eigenvalue weighted by Crippen LogP contribution is 2.33. The fraction of sp³-hybridized carbons (Fsp3) is 0. The lowest BCUT2D eigenvalue weighted by molar-refractivity contribution is 0.454. The second-order valence-electron chi connectivity index (χ2n) is 3.57. The summed E-state index contributed by atoms with van der Waals surface area (Å²) in [5, 5.41) is -0.0548. The average molecular weight is 401 g/mol. The van der Waals surface area contributed by atoms with Gasteiger partial charge >= 0.3 is 0 Å². The fourth-order valence-electron chi connectivity index (χ4n) is 1.27. The molecule has 9 heteroatoms. The minimum Gasteiger partial charge on any atom is -0.438 e. The summed E-state index contributed by atoms with van der Waals surface area (Å²) < 4.78 is 41.2. The molecule has 0 aliphatic rings. The number of aromatic nitrogens is 1. The van der Waals surface area contributed by atoms with Crippen LogP contribution in [-0.4, -0.2) is 13.4 Å². The van der Waals surface area contributed by atoms with E-state index in [1.54, 1.807) is 0 Å². The zero-order chi connectivity index (χ0) is 14.9.